The van der Waals surface area contributed by atoms with Gasteiger partial charge in [0.25, 0.3) is 5.88 Å². The second kappa shape index (κ2) is 6.57. The molecule has 2 N–H and O–H groups in total. The van der Waals surface area contributed by atoms with E-state index in [0.717, 1.165) is 0 Å². The van der Waals surface area contributed by atoms with Crippen LogP contribution in [0.2, 0.25) is 0 Å². The largest absolute Gasteiger partial charge is 0.472 e. The fourth-order valence-corrected chi connectivity index (χ4v) is 3.84. The van der Waals surface area contributed by atoms with E-state index in [2.05, 4.69) is 25.0 Å². The van der Waals surface area contributed by atoms with E-state index in [1.54, 1.807) is 25.1 Å². The minimum atomic E-state index is -3.68. The number of benzene rings is 1. The van der Waals surface area contributed by atoms with Crippen molar-refractivity contribution in [1.82, 2.24) is 20.4 Å². The van der Waals surface area contributed by atoms with Crippen molar-refractivity contribution < 1.29 is 22.6 Å². The molecule has 3 rings (SSSR count). The van der Waals surface area contributed by atoms with Gasteiger partial charge in [0.05, 0.1) is 11.4 Å². The lowest BCUT2D eigenvalue weighted by atomic mass is 10.1. The van der Waals surface area contributed by atoms with Gasteiger partial charge < -0.3 is 10.1 Å². The van der Waals surface area contributed by atoms with Gasteiger partial charge in [-0.3, -0.25) is 4.79 Å². The van der Waals surface area contributed by atoms with E-state index in [1.165, 1.54) is 6.07 Å². The quantitative estimate of drug-likeness (QED) is 0.713. The second-order valence-electron chi connectivity index (χ2n) is 5.28. The number of amides is 1. The number of rotatable bonds is 5. The topological polar surface area (TPSA) is 123 Å². The Morgan fingerprint density at radius 1 is 1.42 bits per heavy atom. The predicted molar refractivity (Wildman–Crippen MR) is 81.8 cm³/mol. The summed E-state index contributed by atoms with van der Waals surface area (Å²) in [5, 5.41) is 9.75. The Labute approximate surface area is 138 Å². The van der Waals surface area contributed by atoms with Crippen LogP contribution in [0, 0.1) is 6.92 Å². The van der Waals surface area contributed by atoms with E-state index in [4.69, 9.17) is 4.74 Å². The molecule has 1 aromatic heterocycles. The first kappa shape index (κ1) is 16.4. The van der Waals surface area contributed by atoms with Crippen LogP contribution in [0.3, 0.4) is 0 Å². The van der Waals surface area contributed by atoms with Crippen LogP contribution in [-0.4, -0.2) is 43.8 Å². The monoisotopic (exact) mass is 352 g/mol. The number of fused-ring (bicyclic) bond motifs is 1. The first-order chi connectivity index (χ1) is 11.5. The molecule has 1 aliphatic heterocycles. The molecule has 1 atom stereocenters. The van der Waals surface area contributed by atoms with Crippen LogP contribution in [0.15, 0.2) is 33.8 Å². The van der Waals surface area contributed by atoms with Crippen molar-refractivity contribution in [3.63, 3.8) is 0 Å². The van der Waals surface area contributed by atoms with Crippen LogP contribution < -0.4 is 14.8 Å². The molecule has 24 heavy (non-hydrogen) atoms. The van der Waals surface area contributed by atoms with E-state index >= 15 is 0 Å². The molecule has 0 bridgehead atoms. The number of hydrogen-bond acceptors (Lipinski definition) is 7. The number of sulfonamides is 1. The van der Waals surface area contributed by atoms with Gasteiger partial charge in [-0.25, -0.2) is 13.0 Å². The van der Waals surface area contributed by atoms with Crippen molar-refractivity contribution in [1.29, 1.82) is 0 Å². The van der Waals surface area contributed by atoms with E-state index in [0.29, 0.717) is 17.7 Å². The van der Waals surface area contributed by atoms with Gasteiger partial charge in [-0.05, 0) is 30.1 Å². The molecule has 2 aromatic rings. The maximum atomic E-state index is 12.2. The van der Waals surface area contributed by atoms with Crippen molar-refractivity contribution in [2.75, 3.05) is 13.2 Å². The summed E-state index contributed by atoms with van der Waals surface area (Å²) >= 11 is 0. The van der Waals surface area contributed by atoms with Gasteiger partial charge in [-0.15, -0.1) is 0 Å². The summed E-state index contributed by atoms with van der Waals surface area (Å²) in [6.45, 7) is 2.04. The Kier molecular flexibility index (Phi) is 4.49. The Bertz CT molecular complexity index is 848. The lowest BCUT2D eigenvalue weighted by molar-refractivity contribution is -0.122. The summed E-state index contributed by atoms with van der Waals surface area (Å²) in [4.78, 5) is 12.4. The molecule has 1 amide bonds. The molecule has 0 saturated heterocycles. The number of ether oxygens (including phenoxy) is 1. The van der Waals surface area contributed by atoms with Crippen molar-refractivity contribution in [2.45, 2.75) is 24.3 Å². The number of aryl methyl sites for hydroxylation is 1. The highest BCUT2D eigenvalue weighted by molar-refractivity contribution is 7.89. The summed E-state index contributed by atoms with van der Waals surface area (Å²) in [6, 6.07) is 5.78. The average Bonchev–Trinajstić information content (AvgIpc) is 2.96. The first-order valence-corrected chi connectivity index (χ1v) is 8.75. The fraction of sp³-hybridized carbons (Fsp3) is 0.357. The van der Waals surface area contributed by atoms with E-state index in [-0.39, 0.29) is 23.9 Å². The molecular weight excluding hydrogens is 336 g/mol. The lowest BCUT2D eigenvalue weighted by Crippen LogP contribution is -2.51. The van der Waals surface area contributed by atoms with Crippen LogP contribution in [0.4, 0.5) is 0 Å². The first-order valence-electron chi connectivity index (χ1n) is 7.27. The molecule has 1 aliphatic rings. The van der Waals surface area contributed by atoms with Gasteiger partial charge in [-0.1, -0.05) is 23.4 Å². The minimum Gasteiger partial charge on any atom is -0.472 e. The smallest absolute Gasteiger partial charge is 0.278 e. The molecule has 0 aliphatic carbocycles. The van der Waals surface area contributed by atoms with Gasteiger partial charge >= 0.3 is 0 Å². The number of nitrogens with zero attached hydrogens (tertiary/aromatic N) is 2. The molecule has 0 spiro atoms. The number of carbonyl (C=O) groups is 1. The molecular formula is C14H16N4O5S. The van der Waals surface area contributed by atoms with Crippen LogP contribution in [0.5, 0.6) is 5.88 Å². The van der Waals surface area contributed by atoms with Crippen LogP contribution in [-0.2, 0) is 21.2 Å². The molecule has 2 heterocycles. The predicted octanol–water partition coefficient (Wildman–Crippen LogP) is -0.224. The molecule has 0 radical (unpaired) electrons. The van der Waals surface area contributed by atoms with Crippen LogP contribution >= 0.6 is 0 Å². The van der Waals surface area contributed by atoms with Gasteiger partial charge in [0.2, 0.25) is 15.9 Å². The number of nitrogens with one attached hydrogen (secondary N) is 2. The zero-order valence-corrected chi connectivity index (χ0v) is 13.7. The second-order valence-corrected chi connectivity index (χ2v) is 6.96. The van der Waals surface area contributed by atoms with Gasteiger partial charge in [-0.2, -0.15) is 4.72 Å². The average molecular weight is 352 g/mol. The van der Waals surface area contributed by atoms with Crippen LogP contribution in [0.1, 0.15) is 11.3 Å². The van der Waals surface area contributed by atoms with Gasteiger partial charge in [0.15, 0.2) is 0 Å². The molecule has 128 valence electrons. The van der Waals surface area contributed by atoms with Crippen molar-refractivity contribution >= 4 is 15.9 Å². The molecule has 9 nitrogen and oxygen atoms in total. The summed E-state index contributed by atoms with van der Waals surface area (Å²) in [6.07, 6.45) is 0.300. The standard InChI is InChI=1S/C14H16N4O5S/c1-9-14(17-23-16-9)22-7-6-15-13(19)11-8-10-4-2-3-5-12(10)24(20,21)18-11/h2-5,11,18H,6-8H2,1H3,(H,15,19)/t11-/m0/s1. The molecule has 10 heteroatoms. The Morgan fingerprint density at radius 2 is 2.21 bits per heavy atom. The molecule has 0 fully saturated rings. The van der Waals surface area contributed by atoms with Gasteiger partial charge in [0, 0.05) is 0 Å². The Balaban J connectivity index is 1.56. The number of aromatic nitrogens is 2. The summed E-state index contributed by atoms with van der Waals surface area (Å²) in [5.41, 5.74) is 1.13. The number of carbonyl (C=O) groups excluding carboxylic acids is 1. The summed E-state index contributed by atoms with van der Waals surface area (Å²) in [5.74, 6) is -0.150. The highest BCUT2D eigenvalue weighted by Gasteiger charge is 2.32. The molecule has 0 saturated carbocycles. The highest BCUT2D eigenvalue weighted by atomic mass is 32.2. The van der Waals surface area contributed by atoms with Gasteiger partial charge in [0.1, 0.15) is 18.3 Å². The Morgan fingerprint density at radius 3 is 2.96 bits per heavy atom. The lowest BCUT2D eigenvalue weighted by Gasteiger charge is -2.25. The summed E-state index contributed by atoms with van der Waals surface area (Å²) < 4.78 is 36.5. The zero-order valence-electron chi connectivity index (χ0n) is 12.9. The Hall–Kier alpha value is -2.46. The van der Waals surface area contributed by atoms with Crippen molar-refractivity contribution in [3.8, 4) is 5.88 Å². The van der Waals surface area contributed by atoms with E-state index in [1.807, 2.05) is 0 Å². The summed E-state index contributed by atoms with van der Waals surface area (Å²) in [7, 11) is -3.68. The van der Waals surface area contributed by atoms with Crippen molar-refractivity contribution in [3.05, 3.63) is 35.5 Å². The molecule has 1 aromatic carbocycles. The fourth-order valence-electron chi connectivity index (χ4n) is 2.39. The van der Waals surface area contributed by atoms with Crippen LogP contribution in [0.25, 0.3) is 0 Å². The van der Waals surface area contributed by atoms with Crippen molar-refractivity contribution in [2.24, 2.45) is 0 Å². The maximum Gasteiger partial charge on any atom is 0.278 e. The SMILES string of the molecule is Cc1nonc1OCCNC(=O)[C@@H]1Cc2ccccc2S(=O)(=O)N1. The minimum absolute atomic E-state index is 0.164. The highest BCUT2D eigenvalue weighted by Crippen LogP contribution is 2.22. The number of hydrogen-bond donors (Lipinski definition) is 2. The third-order valence-electron chi connectivity index (χ3n) is 3.55. The van der Waals surface area contributed by atoms with E-state index < -0.39 is 22.0 Å². The normalized spacial score (nSPS) is 18.6. The third-order valence-corrected chi connectivity index (χ3v) is 5.12. The van der Waals surface area contributed by atoms with E-state index in [9.17, 15) is 13.2 Å². The third kappa shape index (κ3) is 3.39. The maximum absolute atomic E-state index is 12.2. The zero-order chi connectivity index (χ0) is 17.2. The molecule has 0 unspecified atom stereocenters.